The summed E-state index contributed by atoms with van der Waals surface area (Å²) in [6, 6.07) is 0.348. The van der Waals surface area contributed by atoms with E-state index in [1.165, 1.54) is 12.4 Å². The fourth-order valence-corrected chi connectivity index (χ4v) is 1.90. The van der Waals surface area contributed by atoms with Gasteiger partial charge in [-0.05, 0) is 19.3 Å². The summed E-state index contributed by atoms with van der Waals surface area (Å²) in [5, 5.41) is 0. The van der Waals surface area contributed by atoms with Gasteiger partial charge >= 0.3 is 0 Å². The van der Waals surface area contributed by atoms with Gasteiger partial charge < -0.3 is 4.90 Å². The summed E-state index contributed by atoms with van der Waals surface area (Å²) >= 11 is 0. The van der Waals surface area contributed by atoms with Crippen LogP contribution in [0.1, 0.15) is 20.3 Å². The Morgan fingerprint density at radius 3 is 2.64 bits per heavy atom. The van der Waals surface area contributed by atoms with Crippen LogP contribution in [-0.2, 0) is 0 Å². The molecule has 1 aliphatic rings. The first kappa shape index (κ1) is 9.37. The third kappa shape index (κ3) is 1.45. The van der Waals surface area contributed by atoms with Crippen LogP contribution in [0.2, 0.25) is 0 Å². The van der Waals surface area contributed by atoms with Crippen LogP contribution in [0.25, 0.3) is 0 Å². The Kier molecular flexibility index (Phi) is 2.35. The van der Waals surface area contributed by atoms with Gasteiger partial charge in [0.05, 0.1) is 0 Å². The third-order valence-electron chi connectivity index (χ3n) is 3.05. The lowest BCUT2D eigenvalue weighted by Crippen LogP contribution is -2.30. The molecule has 2 rings (SSSR count). The molecular formula is C10H14FN3. The lowest BCUT2D eigenvalue weighted by atomic mass is 10.1. The number of rotatable bonds is 1. The first-order valence-electron chi connectivity index (χ1n) is 4.93. The fraction of sp³-hybridized carbons (Fsp3) is 0.600. The van der Waals surface area contributed by atoms with Crippen molar-refractivity contribution in [1.82, 2.24) is 9.97 Å². The summed E-state index contributed by atoms with van der Waals surface area (Å²) in [6.45, 7) is 5.16. The zero-order chi connectivity index (χ0) is 10.1. The molecule has 0 spiro atoms. The Hall–Kier alpha value is -1.19. The van der Waals surface area contributed by atoms with E-state index in [-0.39, 0.29) is 0 Å². The molecule has 0 amide bonds. The van der Waals surface area contributed by atoms with Crippen molar-refractivity contribution >= 4 is 5.82 Å². The summed E-state index contributed by atoms with van der Waals surface area (Å²) in [7, 11) is 0. The highest BCUT2D eigenvalue weighted by molar-refractivity contribution is 5.39. The molecule has 3 nitrogen and oxygen atoms in total. The second-order valence-corrected chi connectivity index (χ2v) is 3.87. The molecule has 14 heavy (non-hydrogen) atoms. The molecule has 0 aromatic carbocycles. The van der Waals surface area contributed by atoms with Crippen molar-refractivity contribution < 1.29 is 4.39 Å². The topological polar surface area (TPSA) is 29.0 Å². The maximum absolute atomic E-state index is 13.3. The molecule has 76 valence electrons. The molecule has 0 aliphatic carbocycles. The first-order chi connectivity index (χ1) is 6.70. The van der Waals surface area contributed by atoms with E-state index in [4.69, 9.17) is 0 Å². The van der Waals surface area contributed by atoms with Crippen LogP contribution in [0.4, 0.5) is 10.2 Å². The number of anilines is 1. The lowest BCUT2D eigenvalue weighted by molar-refractivity contribution is 0.528. The van der Waals surface area contributed by atoms with E-state index in [1.807, 2.05) is 4.90 Å². The molecule has 1 aromatic rings. The van der Waals surface area contributed by atoms with Crippen LogP contribution in [0, 0.1) is 11.9 Å². The molecular weight excluding hydrogens is 181 g/mol. The van der Waals surface area contributed by atoms with E-state index in [9.17, 15) is 4.39 Å². The summed E-state index contributed by atoms with van der Waals surface area (Å²) in [5.74, 6) is 0.522. The Morgan fingerprint density at radius 1 is 1.36 bits per heavy atom. The van der Waals surface area contributed by atoms with Gasteiger partial charge in [0, 0.05) is 25.0 Å². The predicted octanol–water partition coefficient (Wildman–Crippen LogP) is 1.85. The van der Waals surface area contributed by atoms with Crippen LogP contribution >= 0.6 is 0 Å². The van der Waals surface area contributed by atoms with Crippen LogP contribution < -0.4 is 4.90 Å². The number of hydrogen-bond donors (Lipinski definition) is 0. The number of halogens is 1. The van der Waals surface area contributed by atoms with Gasteiger partial charge in [0.2, 0.25) is 0 Å². The number of nitrogens with zero attached hydrogens (tertiary/aromatic N) is 3. The van der Waals surface area contributed by atoms with Crippen molar-refractivity contribution in [3.63, 3.8) is 0 Å². The molecule has 2 heterocycles. The second kappa shape index (κ2) is 3.52. The highest BCUT2D eigenvalue weighted by atomic mass is 19.1. The van der Waals surface area contributed by atoms with E-state index in [1.54, 1.807) is 0 Å². The van der Waals surface area contributed by atoms with E-state index in [0.29, 0.717) is 17.8 Å². The molecule has 0 saturated carbocycles. The largest absolute Gasteiger partial charge is 0.350 e. The third-order valence-corrected chi connectivity index (χ3v) is 3.05. The van der Waals surface area contributed by atoms with Crippen molar-refractivity contribution in [3.8, 4) is 0 Å². The summed E-state index contributed by atoms with van der Waals surface area (Å²) in [4.78, 5) is 9.64. The molecule has 2 atom stereocenters. The molecule has 1 fully saturated rings. The van der Waals surface area contributed by atoms with Crippen molar-refractivity contribution in [1.29, 1.82) is 0 Å². The Morgan fingerprint density at radius 2 is 2.07 bits per heavy atom. The maximum Gasteiger partial charge on any atom is 0.255 e. The first-order valence-corrected chi connectivity index (χ1v) is 4.93. The van der Waals surface area contributed by atoms with Gasteiger partial charge in [0.15, 0.2) is 5.82 Å². The number of aromatic nitrogens is 2. The zero-order valence-corrected chi connectivity index (χ0v) is 8.44. The van der Waals surface area contributed by atoms with Crippen molar-refractivity contribution in [3.05, 3.63) is 18.3 Å². The van der Waals surface area contributed by atoms with E-state index in [0.717, 1.165) is 13.0 Å². The molecule has 1 aliphatic heterocycles. The summed E-state index contributed by atoms with van der Waals surface area (Å²) < 4.78 is 13.3. The summed E-state index contributed by atoms with van der Waals surface area (Å²) in [5.41, 5.74) is 0. The van der Waals surface area contributed by atoms with Gasteiger partial charge in [-0.25, -0.2) is 9.97 Å². The minimum atomic E-state index is -0.464. The number of hydrogen-bond acceptors (Lipinski definition) is 3. The van der Waals surface area contributed by atoms with Gasteiger partial charge in [-0.1, -0.05) is 6.92 Å². The minimum Gasteiger partial charge on any atom is -0.350 e. The van der Waals surface area contributed by atoms with Crippen molar-refractivity contribution in [2.75, 3.05) is 11.4 Å². The lowest BCUT2D eigenvalue weighted by Gasteiger charge is -2.23. The van der Waals surface area contributed by atoms with Gasteiger partial charge in [0.25, 0.3) is 5.95 Å². The molecule has 2 unspecified atom stereocenters. The molecule has 0 N–H and O–H groups in total. The second-order valence-electron chi connectivity index (χ2n) is 3.87. The minimum absolute atomic E-state index is 0.348. The average Bonchev–Trinajstić information content (AvgIpc) is 2.49. The highest BCUT2D eigenvalue weighted by Gasteiger charge is 2.30. The van der Waals surface area contributed by atoms with Crippen LogP contribution in [0.3, 0.4) is 0 Å². The molecule has 0 radical (unpaired) electrons. The molecule has 0 bridgehead atoms. The molecule has 4 heteroatoms. The fourth-order valence-electron chi connectivity index (χ4n) is 1.90. The van der Waals surface area contributed by atoms with Gasteiger partial charge in [-0.3, -0.25) is 0 Å². The monoisotopic (exact) mass is 195 g/mol. The predicted molar refractivity (Wildman–Crippen MR) is 52.6 cm³/mol. The molecule has 1 aromatic heterocycles. The van der Waals surface area contributed by atoms with Gasteiger partial charge in [-0.15, -0.1) is 0 Å². The quantitative estimate of drug-likeness (QED) is 0.684. The van der Waals surface area contributed by atoms with Gasteiger partial charge in [-0.2, -0.15) is 4.39 Å². The van der Waals surface area contributed by atoms with Crippen LogP contribution in [-0.4, -0.2) is 22.6 Å². The SMILES string of the molecule is CC1CCN(c2nccnc2F)C1C. The maximum atomic E-state index is 13.3. The summed E-state index contributed by atoms with van der Waals surface area (Å²) in [6.07, 6.45) is 4.01. The van der Waals surface area contributed by atoms with Crippen LogP contribution in [0.15, 0.2) is 12.4 Å². The molecule has 1 saturated heterocycles. The van der Waals surface area contributed by atoms with E-state index in [2.05, 4.69) is 23.8 Å². The average molecular weight is 195 g/mol. The highest BCUT2D eigenvalue weighted by Crippen LogP contribution is 2.28. The van der Waals surface area contributed by atoms with Gasteiger partial charge in [0.1, 0.15) is 0 Å². The Labute approximate surface area is 83.0 Å². The Bertz CT molecular complexity index is 329. The van der Waals surface area contributed by atoms with E-state index < -0.39 is 5.95 Å². The standard InChI is InChI=1S/C10H14FN3/c1-7-3-6-14(8(7)2)10-9(11)12-4-5-13-10/h4-5,7-8H,3,6H2,1-2H3. The van der Waals surface area contributed by atoms with E-state index >= 15 is 0 Å². The Balaban J connectivity index is 2.28. The van der Waals surface area contributed by atoms with Crippen LogP contribution in [0.5, 0.6) is 0 Å². The van der Waals surface area contributed by atoms with Crippen molar-refractivity contribution in [2.45, 2.75) is 26.3 Å². The normalized spacial score (nSPS) is 26.9. The van der Waals surface area contributed by atoms with Crippen molar-refractivity contribution in [2.24, 2.45) is 5.92 Å². The zero-order valence-electron chi connectivity index (χ0n) is 8.44. The smallest absolute Gasteiger partial charge is 0.255 e.